The molecule has 0 spiro atoms. The molecular weight excluding hydrogens is 290 g/mol. The third kappa shape index (κ3) is 3.28. The molecule has 2 aromatic heterocycles. The van der Waals surface area contributed by atoms with Crippen molar-refractivity contribution in [2.45, 2.75) is 13.1 Å². The van der Waals surface area contributed by atoms with Crippen LogP contribution in [0.2, 0.25) is 0 Å². The molecule has 0 N–H and O–H groups in total. The minimum absolute atomic E-state index is 0.865. The highest BCUT2D eigenvalue weighted by Crippen LogP contribution is 2.19. The fourth-order valence-electron chi connectivity index (χ4n) is 3.11. The van der Waals surface area contributed by atoms with E-state index in [4.69, 9.17) is 4.52 Å². The first-order valence-corrected chi connectivity index (χ1v) is 8.14. The van der Waals surface area contributed by atoms with Crippen molar-refractivity contribution in [3.63, 3.8) is 0 Å². The van der Waals surface area contributed by atoms with E-state index in [0.717, 1.165) is 62.5 Å². The maximum Gasteiger partial charge on any atom is 0.167 e. The molecule has 0 radical (unpaired) electrons. The number of fused-ring (bicyclic) bond motifs is 1. The van der Waals surface area contributed by atoms with Gasteiger partial charge in [-0.25, -0.2) is 0 Å². The van der Waals surface area contributed by atoms with Crippen molar-refractivity contribution in [1.29, 1.82) is 0 Å². The van der Waals surface area contributed by atoms with Gasteiger partial charge in [0.15, 0.2) is 5.58 Å². The van der Waals surface area contributed by atoms with Crippen LogP contribution >= 0.6 is 0 Å². The standard InChI is InChI=1S/C17H21N5O/c1-2-5-17-15(4-1)16(19-23-17)14-21-10-8-20(9-11-21)12-13-22-7-3-6-18-22/h1-7H,8-14H2. The van der Waals surface area contributed by atoms with E-state index in [0.29, 0.717) is 0 Å². The Labute approximate surface area is 135 Å². The fraction of sp³-hybridized carbons (Fsp3) is 0.412. The monoisotopic (exact) mass is 311 g/mol. The third-order valence-electron chi connectivity index (χ3n) is 4.49. The topological polar surface area (TPSA) is 50.3 Å². The molecule has 0 unspecified atom stereocenters. The second-order valence-corrected chi connectivity index (χ2v) is 6.01. The normalized spacial score (nSPS) is 17.0. The van der Waals surface area contributed by atoms with Crippen molar-refractivity contribution in [3.8, 4) is 0 Å². The number of benzene rings is 1. The predicted octanol–water partition coefficient (Wildman–Crippen LogP) is 1.84. The molecule has 0 bridgehead atoms. The Morgan fingerprint density at radius 2 is 1.78 bits per heavy atom. The van der Waals surface area contributed by atoms with E-state index in [1.54, 1.807) is 0 Å². The Morgan fingerprint density at radius 3 is 2.61 bits per heavy atom. The summed E-state index contributed by atoms with van der Waals surface area (Å²) >= 11 is 0. The number of hydrogen-bond donors (Lipinski definition) is 0. The van der Waals surface area contributed by atoms with E-state index < -0.39 is 0 Å². The highest BCUT2D eigenvalue weighted by molar-refractivity contribution is 5.79. The molecule has 0 aliphatic carbocycles. The minimum atomic E-state index is 0.865. The van der Waals surface area contributed by atoms with Gasteiger partial charge in [0, 0.05) is 57.0 Å². The van der Waals surface area contributed by atoms with Crippen LogP contribution in [0.15, 0.2) is 47.2 Å². The molecule has 6 nitrogen and oxygen atoms in total. The molecular formula is C17H21N5O. The van der Waals surface area contributed by atoms with Gasteiger partial charge >= 0.3 is 0 Å². The lowest BCUT2D eigenvalue weighted by molar-refractivity contribution is 0.121. The van der Waals surface area contributed by atoms with Gasteiger partial charge in [-0.1, -0.05) is 17.3 Å². The van der Waals surface area contributed by atoms with Crippen molar-refractivity contribution in [2.24, 2.45) is 0 Å². The van der Waals surface area contributed by atoms with E-state index in [1.165, 1.54) is 0 Å². The van der Waals surface area contributed by atoms with Crippen LogP contribution in [0.25, 0.3) is 11.0 Å². The van der Waals surface area contributed by atoms with Crippen molar-refractivity contribution in [1.82, 2.24) is 24.7 Å². The van der Waals surface area contributed by atoms with Crippen molar-refractivity contribution in [3.05, 3.63) is 48.4 Å². The van der Waals surface area contributed by atoms with Gasteiger partial charge in [0.2, 0.25) is 0 Å². The van der Waals surface area contributed by atoms with E-state index >= 15 is 0 Å². The molecule has 120 valence electrons. The van der Waals surface area contributed by atoms with Gasteiger partial charge in [0.05, 0.1) is 6.54 Å². The summed E-state index contributed by atoms with van der Waals surface area (Å²) in [4.78, 5) is 4.95. The highest BCUT2D eigenvalue weighted by Gasteiger charge is 2.19. The van der Waals surface area contributed by atoms with Crippen molar-refractivity contribution < 1.29 is 4.52 Å². The smallest absolute Gasteiger partial charge is 0.167 e. The van der Waals surface area contributed by atoms with Crippen molar-refractivity contribution in [2.75, 3.05) is 32.7 Å². The summed E-state index contributed by atoms with van der Waals surface area (Å²) < 4.78 is 7.39. The molecule has 0 atom stereocenters. The van der Waals surface area contributed by atoms with Gasteiger partial charge < -0.3 is 4.52 Å². The van der Waals surface area contributed by atoms with E-state index in [1.807, 2.05) is 41.3 Å². The van der Waals surface area contributed by atoms with Gasteiger partial charge in [-0.15, -0.1) is 0 Å². The van der Waals surface area contributed by atoms with Gasteiger partial charge in [-0.3, -0.25) is 14.5 Å². The fourth-order valence-corrected chi connectivity index (χ4v) is 3.11. The SMILES string of the molecule is c1ccc2c(CN3CCN(CCn4cccn4)CC3)noc2c1. The Hall–Kier alpha value is -2.18. The van der Waals surface area contributed by atoms with Crippen LogP contribution in [0.3, 0.4) is 0 Å². The van der Waals surface area contributed by atoms with Crippen LogP contribution in [-0.2, 0) is 13.1 Å². The summed E-state index contributed by atoms with van der Waals surface area (Å²) in [7, 11) is 0. The number of hydrogen-bond acceptors (Lipinski definition) is 5. The molecule has 0 saturated carbocycles. The van der Waals surface area contributed by atoms with Crippen molar-refractivity contribution >= 4 is 11.0 Å². The Morgan fingerprint density at radius 1 is 0.957 bits per heavy atom. The molecule has 1 aromatic carbocycles. The van der Waals surface area contributed by atoms with Gasteiger partial charge in [0.1, 0.15) is 5.69 Å². The average Bonchev–Trinajstić information content (AvgIpc) is 3.25. The molecule has 0 amide bonds. The molecule has 1 aliphatic rings. The van der Waals surface area contributed by atoms with E-state index in [9.17, 15) is 0 Å². The first-order chi connectivity index (χ1) is 11.4. The zero-order valence-electron chi connectivity index (χ0n) is 13.1. The quantitative estimate of drug-likeness (QED) is 0.720. The molecule has 3 heterocycles. The summed E-state index contributed by atoms with van der Waals surface area (Å²) in [6, 6.07) is 10.0. The van der Waals surface area contributed by atoms with E-state index in [-0.39, 0.29) is 0 Å². The number of para-hydroxylation sites is 1. The summed E-state index contributed by atoms with van der Waals surface area (Å²) in [5.74, 6) is 0. The Bertz CT molecular complexity index is 743. The Balaban J connectivity index is 1.29. The maximum absolute atomic E-state index is 5.39. The predicted molar refractivity (Wildman–Crippen MR) is 88.0 cm³/mol. The zero-order valence-corrected chi connectivity index (χ0v) is 13.1. The van der Waals surface area contributed by atoms with Crippen LogP contribution in [0.4, 0.5) is 0 Å². The largest absolute Gasteiger partial charge is 0.356 e. The minimum Gasteiger partial charge on any atom is -0.356 e. The van der Waals surface area contributed by atoms with Gasteiger partial charge in [-0.2, -0.15) is 5.10 Å². The summed E-state index contributed by atoms with van der Waals surface area (Å²) in [5.41, 5.74) is 1.92. The number of nitrogens with zero attached hydrogens (tertiary/aromatic N) is 5. The molecule has 6 heteroatoms. The molecule has 1 fully saturated rings. The zero-order chi connectivity index (χ0) is 15.5. The molecule has 3 aromatic rings. The molecule has 23 heavy (non-hydrogen) atoms. The van der Waals surface area contributed by atoms with Gasteiger partial charge in [-0.05, 0) is 18.2 Å². The maximum atomic E-state index is 5.39. The third-order valence-corrected chi connectivity index (χ3v) is 4.49. The molecule has 1 saturated heterocycles. The highest BCUT2D eigenvalue weighted by atomic mass is 16.5. The average molecular weight is 311 g/mol. The first-order valence-electron chi connectivity index (χ1n) is 8.14. The molecule has 4 rings (SSSR count). The lowest BCUT2D eigenvalue weighted by Crippen LogP contribution is -2.46. The van der Waals surface area contributed by atoms with Crippen LogP contribution in [-0.4, -0.2) is 57.5 Å². The Kier molecular flexibility index (Phi) is 4.08. The molecule has 1 aliphatic heterocycles. The first kappa shape index (κ1) is 14.4. The van der Waals surface area contributed by atoms with Crippen LogP contribution in [0, 0.1) is 0 Å². The second-order valence-electron chi connectivity index (χ2n) is 6.01. The lowest BCUT2D eigenvalue weighted by atomic mass is 10.2. The van der Waals surface area contributed by atoms with Crippen LogP contribution in [0.5, 0.6) is 0 Å². The number of aromatic nitrogens is 3. The second kappa shape index (κ2) is 6.52. The summed E-state index contributed by atoms with van der Waals surface area (Å²) in [6.07, 6.45) is 3.85. The van der Waals surface area contributed by atoms with Gasteiger partial charge in [0.25, 0.3) is 0 Å². The van der Waals surface area contributed by atoms with Crippen LogP contribution in [0.1, 0.15) is 5.69 Å². The number of piperazine rings is 1. The number of rotatable bonds is 5. The lowest BCUT2D eigenvalue weighted by Gasteiger charge is -2.34. The summed E-state index contributed by atoms with van der Waals surface area (Å²) in [5, 5.41) is 9.62. The van der Waals surface area contributed by atoms with E-state index in [2.05, 4.69) is 26.1 Å². The van der Waals surface area contributed by atoms with Crippen LogP contribution < -0.4 is 0 Å². The summed E-state index contributed by atoms with van der Waals surface area (Å²) in [6.45, 7) is 7.21.